The molecule has 2 saturated heterocycles. The van der Waals surface area contributed by atoms with Gasteiger partial charge in [0.2, 0.25) is 21.8 Å². The lowest BCUT2D eigenvalue weighted by molar-refractivity contribution is -0.133. The Morgan fingerprint density at radius 3 is 2.57 bits per heavy atom. The maximum Gasteiger partial charge on any atom is 0.242 e. The summed E-state index contributed by atoms with van der Waals surface area (Å²) in [4.78, 5) is 29.0. The number of anilines is 1. The van der Waals surface area contributed by atoms with Gasteiger partial charge < -0.3 is 15.1 Å². The first-order valence-corrected chi connectivity index (χ1v) is 12.4. The molecule has 166 valence electrons. The van der Waals surface area contributed by atoms with Gasteiger partial charge in [0, 0.05) is 43.4 Å². The molecule has 0 radical (unpaired) electrons. The normalized spacial score (nSPS) is 20.4. The number of hydrogen-bond donors (Lipinski definition) is 1. The van der Waals surface area contributed by atoms with Gasteiger partial charge in [0.1, 0.15) is 6.04 Å². The van der Waals surface area contributed by atoms with E-state index < -0.39 is 22.0 Å². The van der Waals surface area contributed by atoms with Gasteiger partial charge in [0.25, 0.3) is 0 Å². The molecule has 1 aromatic carbocycles. The lowest BCUT2D eigenvalue weighted by Crippen LogP contribution is -2.53. The van der Waals surface area contributed by atoms with Crippen LogP contribution in [0, 0.1) is 0 Å². The fourth-order valence-electron chi connectivity index (χ4n) is 3.99. The number of hydrogen-bond acceptors (Lipinski definition) is 5. The summed E-state index contributed by atoms with van der Waals surface area (Å²) in [7, 11) is -3.44. The van der Waals surface area contributed by atoms with Crippen LogP contribution >= 0.6 is 11.6 Å². The van der Waals surface area contributed by atoms with Gasteiger partial charge >= 0.3 is 0 Å². The van der Waals surface area contributed by atoms with E-state index >= 15 is 0 Å². The van der Waals surface area contributed by atoms with E-state index in [-0.39, 0.29) is 18.2 Å². The van der Waals surface area contributed by atoms with Gasteiger partial charge in [-0.1, -0.05) is 24.6 Å². The van der Waals surface area contributed by atoms with Crippen LogP contribution in [0.5, 0.6) is 0 Å². The summed E-state index contributed by atoms with van der Waals surface area (Å²) < 4.78 is 26.0. The number of nitrogens with one attached hydrogen (secondary N) is 1. The molecule has 2 aliphatic heterocycles. The molecular formula is C20H29ClN4O4S. The summed E-state index contributed by atoms with van der Waals surface area (Å²) in [5.74, 6) is -0.514. The molecule has 1 N–H and O–H groups in total. The third-order valence-corrected chi connectivity index (χ3v) is 7.86. The maximum absolute atomic E-state index is 12.6. The van der Waals surface area contributed by atoms with E-state index in [2.05, 4.69) is 10.2 Å². The molecule has 0 spiro atoms. The summed E-state index contributed by atoms with van der Waals surface area (Å²) in [5, 5.41) is 3.33. The second kappa shape index (κ2) is 9.98. The highest BCUT2D eigenvalue weighted by atomic mass is 35.5. The van der Waals surface area contributed by atoms with Gasteiger partial charge in [-0.15, -0.1) is 0 Å². The highest BCUT2D eigenvalue weighted by Gasteiger charge is 2.38. The number of amides is 2. The topological polar surface area (TPSA) is 90.0 Å². The van der Waals surface area contributed by atoms with Crippen molar-refractivity contribution in [2.45, 2.75) is 32.2 Å². The van der Waals surface area contributed by atoms with Crippen LogP contribution < -0.4 is 10.2 Å². The number of carbonyl (C=O) groups is 2. The predicted molar refractivity (Wildman–Crippen MR) is 117 cm³/mol. The fourth-order valence-corrected chi connectivity index (χ4v) is 5.92. The van der Waals surface area contributed by atoms with Gasteiger partial charge in [-0.2, -0.15) is 4.31 Å². The van der Waals surface area contributed by atoms with E-state index in [0.717, 1.165) is 5.69 Å². The standard InChI is InChI=1S/C20H29ClN4O4S/c1-2-13-30(28,29)25-8-4-7-18(25)20(27)22-15-19(26)24-11-9-23(10-12-24)17-6-3-5-16(21)14-17/h3,5-6,14,18H,2,4,7-13,15H2,1H3,(H,22,27). The summed E-state index contributed by atoms with van der Waals surface area (Å²) in [5.41, 5.74) is 1.03. The van der Waals surface area contributed by atoms with Gasteiger partial charge in [0.05, 0.1) is 12.3 Å². The van der Waals surface area contributed by atoms with E-state index in [4.69, 9.17) is 11.6 Å². The number of benzene rings is 1. The molecule has 1 unspecified atom stereocenters. The van der Waals surface area contributed by atoms with Crippen molar-refractivity contribution in [1.82, 2.24) is 14.5 Å². The lowest BCUT2D eigenvalue weighted by atomic mass is 10.2. The molecule has 2 fully saturated rings. The fraction of sp³-hybridized carbons (Fsp3) is 0.600. The molecule has 2 amide bonds. The molecule has 0 bridgehead atoms. The number of halogens is 1. The highest BCUT2D eigenvalue weighted by molar-refractivity contribution is 7.89. The number of rotatable bonds is 7. The van der Waals surface area contributed by atoms with Crippen LogP contribution in [0.4, 0.5) is 5.69 Å². The van der Waals surface area contributed by atoms with Crippen molar-refractivity contribution >= 4 is 39.1 Å². The van der Waals surface area contributed by atoms with Crippen LogP contribution in [0.15, 0.2) is 24.3 Å². The van der Waals surface area contributed by atoms with Crippen molar-refractivity contribution in [2.75, 3.05) is 49.9 Å². The molecule has 0 aliphatic carbocycles. The number of nitrogens with zero attached hydrogens (tertiary/aromatic N) is 3. The van der Waals surface area contributed by atoms with Crippen molar-refractivity contribution in [3.63, 3.8) is 0 Å². The first-order chi connectivity index (χ1) is 14.3. The second-order valence-corrected chi connectivity index (χ2v) is 10.1. The highest BCUT2D eigenvalue weighted by Crippen LogP contribution is 2.22. The molecule has 0 saturated carbocycles. The van der Waals surface area contributed by atoms with Crippen LogP contribution in [0.1, 0.15) is 26.2 Å². The molecule has 3 rings (SSSR count). The van der Waals surface area contributed by atoms with E-state index in [1.54, 1.807) is 11.8 Å². The van der Waals surface area contributed by atoms with E-state index in [1.807, 2.05) is 24.3 Å². The summed E-state index contributed by atoms with van der Waals surface area (Å²) >= 11 is 6.05. The molecule has 1 aromatic rings. The predicted octanol–water partition coefficient (Wildman–Crippen LogP) is 1.31. The number of sulfonamides is 1. The zero-order valence-corrected chi connectivity index (χ0v) is 18.8. The lowest BCUT2D eigenvalue weighted by Gasteiger charge is -2.36. The van der Waals surface area contributed by atoms with Crippen molar-refractivity contribution < 1.29 is 18.0 Å². The molecule has 0 aromatic heterocycles. The van der Waals surface area contributed by atoms with Crippen LogP contribution in [0.2, 0.25) is 5.02 Å². The Morgan fingerprint density at radius 1 is 1.17 bits per heavy atom. The molecule has 2 aliphatic rings. The average Bonchev–Trinajstić information content (AvgIpc) is 3.23. The molecule has 2 heterocycles. The molecule has 1 atom stereocenters. The van der Waals surface area contributed by atoms with Crippen LogP contribution in [-0.4, -0.2) is 80.5 Å². The molecule has 30 heavy (non-hydrogen) atoms. The van der Waals surface area contributed by atoms with Gasteiger partial charge in [-0.25, -0.2) is 8.42 Å². The first kappa shape index (κ1) is 22.8. The Kier molecular flexibility index (Phi) is 7.60. The minimum atomic E-state index is -3.44. The molecule has 10 heteroatoms. The molecule has 8 nitrogen and oxygen atoms in total. The zero-order valence-electron chi connectivity index (χ0n) is 17.2. The second-order valence-electron chi connectivity index (χ2n) is 7.65. The van der Waals surface area contributed by atoms with Gasteiger partial charge in [-0.05, 0) is 37.5 Å². The Labute approximate surface area is 183 Å². The summed E-state index contributed by atoms with van der Waals surface area (Å²) in [6, 6.07) is 6.90. The number of carbonyl (C=O) groups excluding carboxylic acids is 2. The number of piperazine rings is 1. The van der Waals surface area contributed by atoms with E-state index in [0.29, 0.717) is 57.0 Å². The first-order valence-electron chi connectivity index (χ1n) is 10.4. The Balaban J connectivity index is 1.48. The van der Waals surface area contributed by atoms with Gasteiger partial charge in [0.15, 0.2) is 0 Å². The van der Waals surface area contributed by atoms with E-state index in [9.17, 15) is 18.0 Å². The third-order valence-electron chi connectivity index (χ3n) is 5.55. The smallest absolute Gasteiger partial charge is 0.242 e. The molecular weight excluding hydrogens is 428 g/mol. The Morgan fingerprint density at radius 2 is 1.90 bits per heavy atom. The van der Waals surface area contributed by atoms with Crippen LogP contribution in [0.3, 0.4) is 0 Å². The zero-order chi connectivity index (χ0) is 21.7. The third kappa shape index (κ3) is 5.44. The minimum Gasteiger partial charge on any atom is -0.368 e. The Bertz CT molecular complexity index is 871. The summed E-state index contributed by atoms with van der Waals surface area (Å²) in [6.45, 7) is 4.53. The maximum atomic E-state index is 12.6. The summed E-state index contributed by atoms with van der Waals surface area (Å²) in [6.07, 6.45) is 1.65. The monoisotopic (exact) mass is 456 g/mol. The Hall–Kier alpha value is -1.84. The van der Waals surface area contributed by atoms with Crippen LogP contribution in [-0.2, 0) is 19.6 Å². The van der Waals surface area contributed by atoms with Crippen molar-refractivity contribution in [3.05, 3.63) is 29.3 Å². The van der Waals surface area contributed by atoms with Crippen LogP contribution in [0.25, 0.3) is 0 Å². The SMILES string of the molecule is CCCS(=O)(=O)N1CCCC1C(=O)NCC(=O)N1CCN(c2cccc(Cl)c2)CC1. The quantitative estimate of drug-likeness (QED) is 0.668. The average molecular weight is 457 g/mol. The van der Waals surface area contributed by atoms with Crippen molar-refractivity contribution in [3.8, 4) is 0 Å². The largest absolute Gasteiger partial charge is 0.368 e. The van der Waals surface area contributed by atoms with E-state index in [1.165, 1.54) is 4.31 Å². The van der Waals surface area contributed by atoms with Crippen molar-refractivity contribution in [2.24, 2.45) is 0 Å². The van der Waals surface area contributed by atoms with Gasteiger partial charge in [-0.3, -0.25) is 9.59 Å². The van der Waals surface area contributed by atoms with Crippen molar-refractivity contribution in [1.29, 1.82) is 0 Å². The minimum absolute atomic E-state index is 0.0343.